The summed E-state index contributed by atoms with van der Waals surface area (Å²) >= 11 is 0. The lowest BCUT2D eigenvalue weighted by molar-refractivity contribution is 0.414. The van der Waals surface area contributed by atoms with Crippen LogP contribution in [0.1, 0.15) is 22.3 Å². The van der Waals surface area contributed by atoms with Crippen LogP contribution in [0.3, 0.4) is 0 Å². The maximum absolute atomic E-state index is 5.48. The third-order valence-electron chi connectivity index (χ3n) is 12.8. The predicted molar refractivity (Wildman–Crippen MR) is 290 cm³/mol. The molecule has 11 rings (SSSR count). The molecule has 0 unspecified atom stereocenters. The van der Waals surface area contributed by atoms with E-state index in [1.54, 1.807) is 14.2 Å². The van der Waals surface area contributed by atoms with Crippen LogP contribution in [0.4, 0.5) is 34.1 Å². The molecule has 68 heavy (non-hydrogen) atoms. The zero-order valence-corrected chi connectivity index (χ0v) is 38.0. The molecular weight excluding hydrogens is 829 g/mol. The van der Waals surface area contributed by atoms with E-state index in [4.69, 9.17) is 9.47 Å². The number of rotatable bonds is 12. The minimum atomic E-state index is 0.832. The molecule has 11 aromatic carbocycles. The molecule has 0 radical (unpaired) electrons. The fraction of sp³-hybridized carbons (Fsp3) is 0.0312. The second-order valence-corrected chi connectivity index (χ2v) is 17.0. The molecule has 326 valence electrons. The number of ether oxygens (including phenoxy) is 2. The molecule has 4 nitrogen and oxygen atoms in total. The molecule has 0 spiro atoms. The molecule has 0 heterocycles. The topological polar surface area (TPSA) is 24.9 Å². The van der Waals surface area contributed by atoms with Crippen molar-refractivity contribution in [2.24, 2.45) is 0 Å². The smallest absolute Gasteiger partial charge is 0.119 e. The van der Waals surface area contributed by atoms with Crippen molar-refractivity contribution in [1.82, 2.24) is 0 Å². The van der Waals surface area contributed by atoms with E-state index in [9.17, 15) is 0 Å². The molecule has 0 aliphatic carbocycles. The summed E-state index contributed by atoms with van der Waals surface area (Å²) < 4.78 is 11.0. The minimum absolute atomic E-state index is 0.832. The Labute approximate surface area is 397 Å². The van der Waals surface area contributed by atoms with Crippen LogP contribution in [0, 0.1) is 0 Å². The second kappa shape index (κ2) is 18.6. The largest absolute Gasteiger partial charge is 0.497 e. The van der Waals surface area contributed by atoms with Gasteiger partial charge < -0.3 is 19.3 Å². The summed E-state index contributed by atoms with van der Waals surface area (Å²) in [6, 6.07) is 82.1. The predicted octanol–water partition coefficient (Wildman–Crippen LogP) is 17.6. The summed E-state index contributed by atoms with van der Waals surface area (Å²) in [7, 11) is 3.40. The van der Waals surface area contributed by atoms with E-state index in [-0.39, 0.29) is 0 Å². The van der Waals surface area contributed by atoms with Gasteiger partial charge in [0.2, 0.25) is 0 Å². The van der Waals surface area contributed by atoms with Crippen molar-refractivity contribution in [3.05, 3.63) is 253 Å². The van der Waals surface area contributed by atoms with E-state index in [0.717, 1.165) is 67.9 Å². The molecule has 0 aromatic heterocycles. The first-order valence-corrected chi connectivity index (χ1v) is 22.9. The first-order valence-electron chi connectivity index (χ1n) is 22.9. The first kappa shape index (κ1) is 41.8. The van der Waals surface area contributed by atoms with Gasteiger partial charge in [0.15, 0.2) is 0 Å². The van der Waals surface area contributed by atoms with Crippen LogP contribution in [0.2, 0.25) is 0 Å². The van der Waals surface area contributed by atoms with E-state index < -0.39 is 0 Å². The Kier molecular flexibility index (Phi) is 11.4. The molecule has 0 aliphatic rings. The van der Waals surface area contributed by atoms with Crippen molar-refractivity contribution < 1.29 is 9.47 Å². The van der Waals surface area contributed by atoms with Gasteiger partial charge in [-0.1, -0.05) is 146 Å². The normalized spacial score (nSPS) is 11.6. The fourth-order valence-corrected chi connectivity index (χ4v) is 9.22. The lowest BCUT2D eigenvalue weighted by atomic mass is 9.99. The molecule has 4 heteroatoms. The molecular formula is C64H48N2O2. The summed E-state index contributed by atoms with van der Waals surface area (Å²) in [5.74, 6) is 1.66. The van der Waals surface area contributed by atoms with Gasteiger partial charge in [-0.05, 0) is 164 Å². The van der Waals surface area contributed by atoms with Gasteiger partial charge in [-0.25, -0.2) is 0 Å². The zero-order chi connectivity index (χ0) is 45.8. The number of anilines is 6. The number of hydrogen-bond donors (Lipinski definition) is 0. The number of hydrogen-bond acceptors (Lipinski definition) is 4. The maximum Gasteiger partial charge on any atom is 0.119 e. The summed E-state index contributed by atoms with van der Waals surface area (Å²) in [4.78, 5) is 4.63. The van der Waals surface area contributed by atoms with E-state index in [1.807, 2.05) is 24.3 Å². The molecule has 0 saturated carbocycles. The third-order valence-corrected chi connectivity index (χ3v) is 12.8. The van der Waals surface area contributed by atoms with Gasteiger partial charge in [0, 0.05) is 33.5 Å². The highest BCUT2D eigenvalue weighted by atomic mass is 16.5. The van der Waals surface area contributed by atoms with Crippen LogP contribution < -0.4 is 19.3 Å². The molecule has 0 amide bonds. The van der Waals surface area contributed by atoms with Gasteiger partial charge in [-0.15, -0.1) is 0 Å². The number of methoxy groups -OCH3 is 2. The van der Waals surface area contributed by atoms with Gasteiger partial charge in [-0.2, -0.15) is 0 Å². The minimum Gasteiger partial charge on any atom is -0.497 e. The van der Waals surface area contributed by atoms with Gasteiger partial charge in [0.05, 0.1) is 25.6 Å². The van der Waals surface area contributed by atoms with Crippen LogP contribution in [0.15, 0.2) is 231 Å². The molecule has 0 atom stereocenters. The summed E-state index contributed by atoms with van der Waals surface area (Å²) in [5, 5.41) is 9.67. The molecule has 0 fully saturated rings. The Bertz CT molecular complexity index is 3380. The average Bonchev–Trinajstić information content (AvgIpc) is 3.40. The highest BCUT2D eigenvalue weighted by molar-refractivity contribution is 6.02. The highest BCUT2D eigenvalue weighted by Gasteiger charge is 2.17. The Morgan fingerprint density at radius 1 is 0.279 bits per heavy atom. The molecule has 0 aliphatic heterocycles. The Morgan fingerprint density at radius 3 is 1.01 bits per heavy atom. The Balaban J connectivity index is 0.811. The number of nitrogens with zero attached hydrogens (tertiary/aromatic N) is 2. The van der Waals surface area contributed by atoms with Crippen LogP contribution >= 0.6 is 0 Å². The van der Waals surface area contributed by atoms with Crippen molar-refractivity contribution in [3.63, 3.8) is 0 Å². The van der Waals surface area contributed by atoms with Crippen molar-refractivity contribution in [1.29, 1.82) is 0 Å². The standard InChI is InChI=1S/C64H48N2O2/c1-67-59-37-33-57(34-38-59)65(63-15-7-11-49-9-3-5-13-61(49)63)55-29-23-45(24-30-55)17-19-47-21-27-51-44-54-42-48(22-28-52(54)43-53(51)41-47)20-18-46-25-31-56(32-26-46)66(58-35-39-60(68-2)40-36-58)64-16-8-12-50-10-4-6-14-62(50)64/h3-44H,1-2H3. The maximum atomic E-state index is 5.48. The van der Waals surface area contributed by atoms with E-state index in [1.165, 1.54) is 43.1 Å². The van der Waals surface area contributed by atoms with E-state index >= 15 is 0 Å². The summed E-state index contributed by atoms with van der Waals surface area (Å²) in [6.45, 7) is 0. The van der Waals surface area contributed by atoms with Crippen LogP contribution in [-0.4, -0.2) is 14.2 Å². The third kappa shape index (κ3) is 8.55. The van der Waals surface area contributed by atoms with Gasteiger partial charge in [0.25, 0.3) is 0 Å². The summed E-state index contributed by atoms with van der Waals surface area (Å²) in [6.07, 6.45) is 8.78. The van der Waals surface area contributed by atoms with Crippen LogP contribution in [0.25, 0.3) is 67.4 Å². The van der Waals surface area contributed by atoms with Gasteiger partial charge in [-0.3, -0.25) is 0 Å². The second-order valence-electron chi connectivity index (χ2n) is 17.0. The van der Waals surface area contributed by atoms with Crippen molar-refractivity contribution >= 4 is 102 Å². The van der Waals surface area contributed by atoms with E-state index in [2.05, 4.69) is 240 Å². The van der Waals surface area contributed by atoms with E-state index in [0.29, 0.717) is 0 Å². The number of benzene rings is 11. The summed E-state index contributed by atoms with van der Waals surface area (Å²) in [5.41, 5.74) is 11.1. The fourth-order valence-electron chi connectivity index (χ4n) is 9.22. The SMILES string of the molecule is COc1ccc(N(c2ccc(C=Cc3ccc4cc5cc(C=Cc6ccc(N(c7ccc(OC)cc7)c7cccc8ccccc78)cc6)ccc5cc4c3)cc2)c2cccc3ccccc23)cc1. The molecule has 0 N–H and O–H groups in total. The average molecular weight is 877 g/mol. The van der Waals surface area contributed by atoms with Crippen molar-refractivity contribution in [2.45, 2.75) is 0 Å². The molecule has 0 saturated heterocycles. The van der Waals surface area contributed by atoms with Crippen LogP contribution in [0.5, 0.6) is 11.5 Å². The molecule has 0 bridgehead atoms. The zero-order valence-electron chi connectivity index (χ0n) is 38.0. The quantitative estimate of drug-likeness (QED) is 0.0902. The lowest BCUT2D eigenvalue weighted by Crippen LogP contribution is -2.10. The van der Waals surface area contributed by atoms with Crippen molar-refractivity contribution in [3.8, 4) is 11.5 Å². The number of fused-ring (bicyclic) bond motifs is 4. The van der Waals surface area contributed by atoms with Gasteiger partial charge in [0.1, 0.15) is 11.5 Å². The molecule has 11 aromatic rings. The van der Waals surface area contributed by atoms with Crippen LogP contribution in [-0.2, 0) is 0 Å². The monoisotopic (exact) mass is 876 g/mol. The van der Waals surface area contributed by atoms with Gasteiger partial charge >= 0.3 is 0 Å². The highest BCUT2D eigenvalue weighted by Crippen LogP contribution is 2.41. The van der Waals surface area contributed by atoms with Crippen molar-refractivity contribution in [2.75, 3.05) is 24.0 Å². The first-order chi connectivity index (χ1) is 33.6. The lowest BCUT2D eigenvalue weighted by Gasteiger charge is -2.27. The Morgan fingerprint density at radius 2 is 0.618 bits per heavy atom. The Hall–Kier alpha value is -8.86.